The molecule has 0 aromatic carbocycles. The molecule has 4 heteroatoms. The van der Waals surface area contributed by atoms with E-state index in [0.717, 1.165) is 31.8 Å². The van der Waals surface area contributed by atoms with E-state index in [2.05, 4.69) is 30.9 Å². The van der Waals surface area contributed by atoms with Gasteiger partial charge in [-0.2, -0.15) is 5.10 Å². The Bertz CT molecular complexity index is 276. The van der Waals surface area contributed by atoms with Crippen LogP contribution in [-0.4, -0.2) is 21.3 Å². The minimum Gasteiger partial charge on any atom is -0.330 e. The van der Waals surface area contributed by atoms with Crippen molar-refractivity contribution in [2.45, 2.75) is 40.2 Å². The fourth-order valence-corrected chi connectivity index (χ4v) is 1.60. The lowest BCUT2D eigenvalue weighted by Gasteiger charge is -2.13. The van der Waals surface area contributed by atoms with E-state index in [0.29, 0.717) is 11.8 Å². The molecule has 0 amide bonds. The second-order valence-electron chi connectivity index (χ2n) is 4.47. The molecule has 0 bridgehead atoms. The summed E-state index contributed by atoms with van der Waals surface area (Å²) >= 11 is 0. The summed E-state index contributed by atoms with van der Waals surface area (Å²) < 4.78 is 2.00. The summed E-state index contributed by atoms with van der Waals surface area (Å²) in [6, 6.07) is 0. The average Bonchev–Trinajstić information content (AvgIpc) is 2.61. The highest BCUT2D eigenvalue weighted by Gasteiger charge is 2.11. The summed E-state index contributed by atoms with van der Waals surface area (Å²) in [5.41, 5.74) is 5.69. The van der Waals surface area contributed by atoms with Crippen LogP contribution in [-0.2, 0) is 13.0 Å². The quantitative estimate of drug-likeness (QED) is 0.773. The van der Waals surface area contributed by atoms with Gasteiger partial charge in [-0.25, -0.2) is 9.67 Å². The van der Waals surface area contributed by atoms with Gasteiger partial charge >= 0.3 is 0 Å². The molecule has 4 nitrogen and oxygen atoms in total. The standard InChI is InChI=1S/C11H22N4/c1-4-10(6-12)5-11-13-8-14-15(11)7-9(2)3/h8-10H,4-7,12H2,1-3H3. The Morgan fingerprint density at radius 1 is 1.47 bits per heavy atom. The zero-order chi connectivity index (χ0) is 11.3. The van der Waals surface area contributed by atoms with E-state index in [1.165, 1.54) is 0 Å². The fraction of sp³-hybridized carbons (Fsp3) is 0.818. The molecule has 1 heterocycles. The van der Waals surface area contributed by atoms with E-state index >= 15 is 0 Å². The van der Waals surface area contributed by atoms with E-state index < -0.39 is 0 Å². The van der Waals surface area contributed by atoms with Crippen molar-refractivity contribution in [3.63, 3.8) is 0 Å². The maximum absolute atomic E-state index is 5.69. The van der Waals surface area contributed by atoms with Gasteiger partial charge in [0.15, 0.2) is 0 Å². The molecule has 1 aromatic rings. The molecule has 1 unspecified atom stereocenters. The van der Waals surface area contributed by atoms with Gasteiger partial charge in [0.25, 0.3) is 0 Å². The molecule has 0 aliphatic heterocycles. The highest BCUT2D eigenvalue weighted by atomic mass is 15.3. The molecule has 1 rings (SSSR count). The average molecular weight is 210 g/mol. The van der Waals surface area contributed by atoms with Crippen LogP contribution in [0.1, 0.15) is 33.0 Å². The Hall–Kier alpha value is -0.900. The van der Waals surface area contributed by atoms with Crippen LogP contribution in [0.5, 0.6) is 0 Å². The second-order valence-corrected chi connectivity index (χ2v) is 4.47. The lowest BCUT2D eigenvalue weighted by molar-refractivity contribution is 0.435. The van der Waals surface area contributed by atoms with Crippen molar-refractivity contribution < 1.29 is 0 Å². The highest BCUT2D eigenvalue weighted by molar-refractivity contribution is 4.87. The lowest BCUT2D eigenvalue weighted by atomic mass is 10.0. The molecule has 86 valence electrons. The summed E-state index contributed by atoms with van der Waals surface area (Å²) in [5, 5.41) is 4.24. The van der Waals surface area contributed by atoms with Gasteiger partial charge in [-0.1, -0.05) is 27.2 Å². The monoisotopic (exact) mass is 210 g/mol. The predicted octanol–water partition coefficient (Wildman–Crippen LogP) is 1.46. The van der Waals surface area contributed by atoms with Gasteiger partial charge in [0, 0.05) is 13.0 Å². The molecule has 0 saturated carbocycles. The Labute approximate surface area is 91.9 Å². The Morgan fingerprint density at radius 3 is 2.73 bits per heavy atom. The molecule has 15 heavy (non-hydrogen) atoms. The molecule has 0 fully saturated rings. The summed E-state index contributed by atoms with van der Waals surface area (Å²) in [6.07, 6.45) is 3.69. The van der Waals surface area contributed by atoms with E-state index in [1.54, 1.807) is 6.33 Å². The molecule has 0 radical (unpaired) electrons. The van der Waals surface area contributed by atoms with Gasteiger partial charge in [0.1, 0.15) is 12.2 Å². The number of hydrogen-bond acceptors (Lipinski definition) is 3. The van der Waals surface area contributed by atoms with Gasteiger partial charge in [-0.15, -0.1) is 0 Å². The second kappa shape index (κ2) is 5.85. The van der Waals surface area contributed by atoms with E-state index in [-0.39, 0.29) is 0 Å². The van der Waals surface area contributed by atoms with Crippen LogP contribution in [0.4, 0.5) is 0 Å². The fourth-order valence-electron chi connectivity index (χ4n) is 1.60. The highest BCUT2D eigenvalue weighted by Crippen LogP contribution is 2.09. The smallest absolute Gasteiger partial charge is 0.138 e. The third-order valence-corrected chi connectivity index (χ3v) is 2.62. The Kier molecular flexibility index (Phi) is 4.75. The van der Waals surface area contributed by atoms with E-state index in [4.69, 9.17) is 5.73 Å². The van der Waals surface area contributed by atoms with Crippen molar-refractivity contribution in [2.75, 3.05) is 6.54 Å². The van der Waals surface area contributed by atoms with Gasteiger partial charge in [-0.3, -0.25) is 0 Å². The Balaban J connectivity index is 2.63. The number of rotatable bonds is 6. The Morgan fingerprint density at radius 2 is 2.20 bits per heavy atom. The van der Waals surface area contributed by atoms with E-state index in [9.17, 15) is 0 Å². The molecular formula is C11H22N4. The molecule has 1 aromatic heterocycles. The first kappa shape index (κ1) is 12.2. The summed E-state index contributed by atoms with van der Waals surface area (Å²) in [4.78, 5) is 4.30. The van der Waals surface area contributed by atoms with Gasteiger partial charge in [0.2, 0.25) is 0 Å². The molecule has 0 aliphatic carbocycles. The number of nitrogens with zero attached hydrogens (tertiary/aromatic N) is 3. The van der Waals surface area contributed by atoms with Crippen LogP contribution in [0.15, 0.2) is 6.33 Å². The van der Waals surface area contributed by atoms with Gasteiger partial charge in [0.05, 0.1) is 0 Å². The SMILES string of the molecule is CCC(CN)Cc1ncnn1CC(C)C. The third kappa shape index (κ3) is 3.63. The third-order valence-electron chi connectivity index (χ3n) is 2.62. The van der Waals surface area contributed by atoms with Crippen molar-refractivity contribution in [1.29, 1.82) is 0 Å². The van der Waals surface area contributed by atoms with Crippen LogP contribution in [0.25, 0.3) is 0 Å². The predicted molar refractivity (Wildman–Crippen MR) is 61.4 cm³/mol. The van der Waals surface area contributed by atoms with Crippen LogP contribution in [0.3, 0.4) is 0 Å². The van der Waals surface area contributed by atoms with Crippen molar-refractivity contribution >= 4 is 0 Å². The molecule has 1 atom stereocenters. The molecule has 0 saturated heterocycles. The number of nitrogens with two attached hydrogens (primary N) is 1. The molecule has 0 spiro atoms. The minimum atomic E-state index is 0.528. The van der Waals surface area contributed by atoms with Crippen molar-refractivity contribution in [3.05, 3.63) is 12.2 Å². The normalized spacial score (nSPS) is 13.4. The summed E-state index contributed by atoms with van der Waals surface area (Å²) in [7, 11) is 0. The van der Waals surface area contributed by atoms with Crippen LogP contribution in [0, 0.1) is 11.8 Å². The molecule has 0 aliphatic rings. The van der Waals surface area contributed by atoms with E-state index in [1.807, 2.05) is 4.68 Å². The maximum atomic E-state index is 5.69. The first-order valence-electron chi connectivity index (χ1n) is 5.74. The van der Waals surface area contributed by atoms with Crippen molar-refractivity contribution in [2.24, 2.45) is 17.6 Å². The van der Waals surface area contributed by atoms with Crippen molar-refractivity contribution in [1.82, 2.24) is 14.8 Å². The number of hydrogen-bond donors (Lipinski definition) is 1. The van der Waals surface area contributed by atoms with Crippen LogP contribution in [0.2, 0.25) is 0 Å². The zero-order valence-corrected chi connectivity index (χ0v) is 9.98. The summed E-state index contributed by atoms with van der Waals surface area (Å²) in [6.45, 7) is 8.21. The van der Waals surface area contributed by atoms with Crippen molar-refractivity contribution in [3.8, 4) is 0 Å². The molecule has 2 N–H and O–H groups in total. The van der Waals surface area contributed by atoms with Crippen LogP contribution < -0.4 is 5.73 Å². The minimum absolute atomic E-state index is 0.528. The van der Waals surface area contributed by atoms with Gasteiger partial charge < -0.3 is 5.73 Å². The largest absolute Gasteiger partial charge is 0.330 e. The van der Waals surface area contributed by atoms with Gasteiger partial charge in [-0.05, 0) is 18.4 Å². The lowest BCUT2D eigenvalue weighted by Crippen LogP contribution is -2.19. The number of aromatic nitrogens is 3. The maximum Gasteiger partial charge on any atom is 0.138 e. The topological polar surface area (TPSA) is 56.7 Å². The first-order chi connectivity index (χ1) is 7.17. The zero-order valence-electron chi connectivity index (χ0n) is 9.98. The first-order valence-corrected chi connectivity index (χ1v) is 5.74. The van der Waals surface area contributed by atoms with Crippen LogP contribution >= 0.6 is 0 Å². The molecular weight excluding hydrogens is 188 g/mol. The summed E-state index contributed by atoms with van der Waals surface area (Å²) in [5.74, 6) is 2.20.